The molecule has 40 heavy (non-hydrogen) atoms. The largest absolute Gasteiger partial charge is 0.477 e. The molecule has 0 fully saturated rings. The molecule has 0 saturated heterocycles. The van der Waals surface area contributed by atoms with Crippen LogP contribution in [0.15, 0.2) is 6.07 Å². The number of carbonyl (C=O) groups is 1. The van der Waals surface area contributed by atoms with Crippen LogP contribution in [0.25, 0.3) is 34.2 Å². The molecule has 1 heterocycles. The second-order valence-electron chi connectivity index (χ2n) is 7.72. The number of benzene rings is 3. The topological polar surface area (TPSA) is 76.0 Å². The van der Waals surface area contributed by atoms with E-state index in [2.05, 4.69) is 15.0 Å². The van der Waals surface area contributed by atoms with Gasteiger partial charge in [0.2, 0.25) is 0 Å². The van der Waals surface area contributed by atoms with Crippen LogP contribution in [0.4, 0.5) is 52.7 Å². The Bertz CT molecular complexity index is 1690. The molecule has 0 spiro atoms. The van der Waals surface area contributed by atoms with Gasteiger partial charge in [-0.15, -0.1) is 0 Å². The van der Waals surface area contributed by atoms with Gasteiger partial charge in [0.25, 0.3) is 0 Å². The molecule has 4 rings (SSSR count). The number of carboxylic acids is 1. The Kier molecular flexibility index (Phi) is 6.94. The maximum Gasteiger partial charge on any atom is 0.341 e. The number of hydrogen-bond donors (Lipinski definition) is 1. The van der Waals surface area contributed by atoms with Gasteiger partial charge in [-0.2, -0.15) is 0 Å². The summed E-state index contributed by atoms with van der Waals surface area (Å²) in [6, 6.07) is -0.310. The second kappa shape index (κ2) is 9.80. The summed E-state index contributed by atoms with van der Waals surface area (Å²) in [7, 11) is 0. The fourth-order valence-corrected chi connectivity index (χ4v) is 3.43. The number of hydrogen-bond acceptors (Lipinski definition) is 4. The van der Waals surface area contributed by atoms with E-state index >= 15 is 0 Å². The number of aromatic nitrogens is 3. The highest BCUT2D eigenvalue weighted by Gasteiger charge is 2.34. The Hall–Kier alpha value is -4.70. The van der Waals surface area contributed by atoms with Gasteiger partial charge in [0.1, 0.15) is 5.56 Å². The van der Waals surface area contributed by atoms with Crippen LogP contribution in [0.5, 0.6) is 0 Å². The van der Waals surface area contributed by atoms with Crippen LogP contribution in [0, 0.1) is 76.7 Å². The van der Waals surface area contributed by atoms with Gasteiger partial charge in [0.15, 0.2) is 87.3 Å². The fourth-order valence-electron chi connectivity index (χ4n) is 3.43. The van der Waals surface area contributed by atoms with Crippen molar-refractivity contribution in [1.82, 2.24) is 15.0 Å². The van der Waals surface area contributed by atoms with Gasteiger partial charge < -0.3 is 5.11 Å². The molecular formula is C23H5F12N3O2. The summed E-state index contributed by atoms with van der Waals surface area (Å²) >= 11 is 0. The summed E-state index contributed by atoms with van der Waals surface area (Å²) in [5.41, 5.74) is -9.30. The third kappa shape index (κ3) is 4.17. The molecule has 0 bridgehead atoms. The number of aromatic carboxylic acids is 1. The van der Waals surface area contributed by atoms with Gasteiger partial charge in [0, 0.05) is 11.6 Å². The maximum absolute atomic E-state index is 14.8. The Morgan fingerprint density at radius 3 is 1.15 bits per heavy atom. The van der Waals surface area contributed by atoms with Crippen molar-refractivity contribution in [2.75, 3.05) is 0 Å². The van der Waals surface area contributed by atoms with Gasteiger partial charge in [-0.05, 0) is 6.92 Å². The second-order valence-corrected chi connectivity index (χ2v) is 7.72. The van der Waals surface area contributed by atoms with Gasteiger partial charge in [0.05, 0.1) is 16.7 Å². The van der Waals surface area contributed by atoms with Crippen LogP contribution in [0.3, 0.4) is 0 Å². The Morgan fingerprint density at radius 1 is 0.525 bits per heavy atom. The first-order chi connectivity index (χ1) is 18.6. The molecule has 4 aromatic rings. The number of nitrogens with zero attached hydrogens (tertiary/aromatic N) is 3. The van der Waals surface area contributed by atoms with Crippen LogP contribution in [0.1, 0.15) is 15.9 Å². The summed E-state index contributed by atoms with van der Waals surface area (Å²) in [6.45, 7) is 0.575. The standard InChI is InChI=1S/C23H5F12N3O2/c1-3-10(26)14(30)7(15(31)11(3)27)21-36-20(6-12(28)4(24)2-5(25)13(6)29)37-22(38-21)8-16(32)18(34)9(23(39)40)19(35)17(8)33/h2H,1H3,(H,39,40). The van der Waals surface area contributed by atoms with E-state index in [0.29, 0.717) is 6.92 Å². The molecule has 1 N–H and O–H groups in total. The molecule has 0 radical (unpaired) electrons. The highest BCUT2D eigenvalue weighted by Crippen LogP contribution is 2.36. The van der Waals surface area contributed by atoms with E-state index in [9.17, 15) is 57.5 Å². The fraction of sp³-hybridized carbons (Fsp3) is 0.0435. The highest BCUT2D eigenvalue weighted by molar-refractivity contribution is 5.89. The molecule has 0 aliphatic heterocycles. The van der Waals surface area contributed by atoms with Crippen molar-refractivity contribution in [3.63, 3.8) is 0 Å². The van der Waals surface area contributed by atoms with E-state index in [1.807, 2.05) is 0 Å². The first kappa shape index (κ1) is 28.3. The van der Waals surface area contributed by atoms with Crippen molar-refractivity contribution in [1.29, 1.82) is 0 Å². The molecule has 208 valence electrons. The highest BCUT2D eigenvalue weighted by atomic mass is 19.2. The lowest BCUT2D eigenvalue weighted by atomic mass is 10.1. The zero-order chi connectivity index (χ0) is 30.0. The predicted molar refractivity (Wildman–Crippen MR) is 107 cm³/mol. The molecule has 0 unspecified atom stereocenters. The molecule has 0 amide bonds. The average molecular weight is 583 g/mol. The molecular weight excluding hydrogens is 578 g/mol. The minimum absolute atomic E-state index is 0.310. The van der Waals surface area contributed by atoms with Crippen molar-refractivity contribution in [2.45, 2.75) is 6.92 Å². The zero-order valence-electron chi connectivity index (χ0n) is 18.8. The van der Waals surface area contributed by atoms with Gasteiger partial charge >= 0.3 is 5.97 Å². The molecule has 0 saturated carbocycles. The first-order valence-corrected chi connectivity index (χ1v) is 10.1. The summed E-state index contributed by atoms with van der Waals surface area (Å²) < 4.78 is 173. The van der Waals surface area contributed by atoms with E-state index in [0.717, 1.165) is 0 Å². The van der Waals surface area contributed by atoms with E-state index in [-0.39, 0.29) is 6.07 Å². The van der Waals surface area contributed by atoms with Crippen molar-refractivity contribution in [2.24, 2.45) is 0 Å². The van der Waals surface area contributed by atoms with Crippen molar-refractivity contribution in [3.8, 4) is 34.2 Å². The first-order valence-electron chi connectivity index (χ1n) is 10.1. The zero-order valence-corrected chi connectivity index (χ0v) is 18.8. The Balaban J connectivity index is 2.21. The molecule has 1 aromatic heterocycles. The summed E-state index contributed by atoms with van der Waals surface area (Å²) in [4.78, 5) is 20.3. The lowest BCUT2D eigenvalue weighted by molar-refractivity contribution is 0.0683. The van der Waals surface area contributed by atoms with E-state index in [1.54, 1.807) is 0 Å². The van der Waals surface area contributed by atoms with E-state index in [4.69, 9.17) is 5.11 Å². The summed E-state index contributed by atoms with van der Waals surface area (Å²) in [5.74, 6) is -35.7. The van der Waals surface area contributed by atoms with Crippen LogP contribution < -0.4 is 0 Å². The normalized spacial score (nSPS) is 11.3. The molecule has 5 nitrogen and oxygen atoms in total. The monoisotopic (exact) mass is 583 g/mol. The minimum atomic E-state index is -2.58. The van der Waals surface area contributed by atoms with Gasteiger partial charge in [-0.25, -0.2) is 72.4 Å². The predicted octanol–water partition coefficient (Wildman–Crippen LogP) is 6.55. The van der Waals surface area contributed by atoms with Crippen LogP contribution in [0.2, 0.25) is 0 Å². The third-order valence-corrected chi connectivity index (χ3v) is 5.38. The van der Waals surface area contributed by atoms with Crippen LogP contribution in [-0.2, 0) is 0 Å². The number of rotatable bonds is 4. The van der Waals surface area contributed by atoms with Gasteiger partial charge in [-0.1, -0.05) is 0 Å². The minimum Gasteiger partial charge on any atom is -0.477 e. The lowest BCUT2D eigenvalue weighted by Crippen LogP contribution is -2.14. The Morgan fingerprint density at radius 2 is 0.825 bits per heavy atom. The van der Waals surface area contributed by atoms with E-state index < -0.39 is 121 Å². The number of halogens is 12. The van der Waals surface area contributed by atoms with Crippen LogP contribution in [-0.4, -0.2) is 26.0 Å². The number of carboxylic acid groups (broad SMARTS) is 1. The molecule has 0 aliphatic carbocycles. The summed E-state index contributed by atoms with van der Waals surface area (Å²) in [5, 5.41) is 8.83. The average Bonchev–Trinajstić information content (AvgIpc) is 2.89. The summed E-state index contributed by atoms with van der Waals surface area (Å²) in [6.07, 6.45) is 0. The van der Waals surface area contributed by atoms with Gasteiger partial charge in [-0.3, -0.25) is 0 Å². The van der Waals surface area contributed by atoms with E-state index in [1.165, 1.54) is 0 Å². The molecule has 0 atom stereocenters. The van der Waals surface area contributed by atoms with Crippen molar-refractivity contribution >= 4 is 5.97 Å². The molecule has 3 aromatic carbocycles. The maximum atomic E-state index is 14.8. The lowest BCUT2D eigenvalue weighted by Gasteiger charge is -2.14. The molecule has 17 heteroatoms. The van der Waals surface area contributed by atoms with Crippen molar-refractivity contribution < 1.29 is 62.6 Å². The van der Waals surface area contributed by atoms with Crippen LogP contribution >= 0.6 is 0 Å². The molecule has 0 aliphatic rings. The smallest absolute Gasteiger partial charge is 0.341 e. The Labute approximate surface area is 212 Å². The van der Waals surface area contributed by atoms with Crippen molar-refractivity contribution in [3.05, 3.63) is 87.0 Å². The SMILES string of the molecule is Cc1c(F)c(F)c(-c2nc(-c3c(F)c(F)cc(F)c3F)nc(-c3c(F)c(F)c(C(=O)O)c(F)c3F)n2)c(F)c1F. The quantitative estimate of drug-likeness (QED) is 0.218. The third-order valence-electron chi connectivity index (χ3n) is 5.38.